The van der Waals surface area contributed by atoms with Crippen molar-refractivity contribution in [3.8, 4) is 0 Å². The van der Waals surface area contributed by atoms with Gasteiger partial charge in [0.2, 0.25) is 5.91 Å². The summed E-state index contributed by atoms with van der Waals surface area (Å²) >= 11 is 11.9. The van der Waals surface area contributed by atoms with E-state index in [1.54, 1.807) is 12.1 Å². The average molecular weight is 352 g/mol. The quantitative estimate of drug-likeness (QED) is 0.847. The van der Waals surface area contributed by atoms with Gasteiger partial charge in [-0.2, -0.15) is 0 Å². The van der Waals surface area contributed by atoms with Crippen LogP contribution in [0.2, 0.25) is 10.0 Å². The Morgan fingerprint density at radius 3 is 2.67 bits per heavy atom. The molecule has 0 aliphatic carbocycles. The van der Waals surface area contributed by atoms with Crippen LogP contribution in [0.3, 0.4) is 0 Å². The van der Waals surface area contributed by atoms with Gasteiger partial charge in [0.15, 0.2) is 0 Å². The summed E-state index contributed by atoms with van der Waals surface area (Å²) in [6.07, 6.45) is 3.92. The lowest BCUT2D eigenvalue weighted by atomic mass is 9.93. The lowest BCUT2D eigenvalue weighted by Crippen LogP contribution is -2.29. The SMILES string of the molecule is Cl.O=C(CCC1CCNCC1)NCc1ccc(Cl)cc1Cl. The largest absolute Gasteiger partial charge is 0.352 e. The van der Waals surface area contributed by atoms with E-state index in [1.165, 1.54) is 12.8 Å². The first-order valence-electron chi connectivity index (χ1n) is 7.06. The van der Waals surface area contributed by atoms with Crippen LogP contribution in [-0.4, -0.2) is 19.0 Å². The number of nitrogens with one attached hydrogen (secondary N) is 2. The summed E-state index contributed by atoms with van der Waals surface area (Å²) in [5, 5.41) is 7.45. The maximum absolute atomic E-state index is 11.8. The molecule has 118 valence electrons. The van der Waals surface area contributed by atoms with Crippen molar-refractivity contribution in [1.29, 1.82) is 0 Å². The fourth-order valence-corrected chi connectivity index (χ4v) is 2.93. The molecule has 1 aliphatic rings. The van der Waals surface area contributed by atoms with Crippen molar-refractivity contribution < 1.29 is 4.79 Å². The Bertz CT molecular complexity index is 462. The van der Waals surface area contributed by atoms with Crippen molar-refractivity contribution in [3.05, 3.63) is 33.8 Å². The zero-order chi connectivity index (χ0) is 14.4. The van der Waals surface area contributed by atoms with Crippen LogP contribution in [0.4, 0.5) is 0 Å². The van der Waals surface area contributed by atoms with E-state index in [1.807, 2.05) is 6.07 Å². The summed E-state index contributed by atoms with van der Waals surface area (Å²) in [5.41, 5.74) is 0.895. The third-order valence-corrected chi connectivity index (χ3v) is 4.32. The van der Waals surface area contributed by atoms with Gasteiger partial charge in [-0.1, -0.05) is 29.3 Å². The number of piperidine rings is 1. The first-order chi connectivity index (χ1) is 9.65. The Kier molecular flexibility index (Phi) is 8.42. The highest BCUT2D eigenvalue weighted by Gasteiger charge is 2.14. The predicted octanol–water partition coefficient (Wildman–Crippen LogP) is 3.81. The van der Waals surface area contributed by atoms with Crippen LogP contribution < -0.4 is 10.6 Å². The van der Waals surface area contributed by atoms with Crippen molar-refractivity contribution in [1.82, 2.24) is 10.6 Å². The number of hydrogen-bond acceptors (Lipinski definition) is 2. The number of benzene rings is 1. The summed E-state index contributed by atoms with van der Waals surface area (Å²) in [6.45, 7) is 2.61. The number of rotatable bonds is 5. The minimum atomic E-state index is 0. The Labute approximate surface area is 142 Å². The van der Waals surface area contributed by atoms with Crippen LogP contribution in [0.15, 0.2) is 18.2 Å². The minimum Gasteiger partial charge on any atom is -0.352 e. The molecule has 1 aromatic carbocycles. The molecule has 0 aromatic heterocycles. The summed E-state index contributed by atoms with van der Waals surface area (Å²) in [7, 11) is 0. The number of carbonyl (C=O) groups excluding carboxylic acids is 1. The molecule has 0 spiro atoms. The Balaban J connectivity index is 0.00000220. The van der Waals surface area contributed by atoms with Crippen LogP contribution in [0, 0.1) is 5.92 Å². The average Bonchev–Trinajstić information content (AvgIpc) is 2.45. The van der Waals surface area contributed by atoms with Crippen LogP contribution in [0.1, 0.15) is 31.2 Å². The molecule has 1 heterocycles. The second-order valence-corrected chi connectivity index (χ2v) is 6.09. The molecule has 1 saturated heterocycles. The molecule has 2 N–H and O–H groups in total. The van der Waals surface area contributed by atoms with Crippen LogP contribution in [0.25, 0.3) is 0 Å². The lowest BCUT2D eigenvalue weighted by Gasteiger charge is -2.22. The van der Waals surface area contributed by atoms with E-state index >= 15 is 0 Å². The van der Waals surface area contributed by atoms with Crippen molar-refractivity contribution in [3.63, 3.8) is 0 Å². The highest BCUT2D eigenvalue weighted by Crippen LogP contribution is 2.21. The molecule has 0 bridgehead atoms. The Morgan fingerprint density at radius 1 is 1.29 bits per heavy atom. The normalized spacial score (nSPS) is 15.3. The van der Waals surface area contributed by atoms with Crippen LogP contribution >= 0.6 is 35.6 Å². The van der Waals surface area contributed by atoms with Gasteiger partial charge in [-0.25, -0.2) is 0 Å². The van der Waals surface area contributed by atoms with Crippen LogP contribution in [0.5, 0.6) is 0 Å². The van der Waals surface area contributed by atoms with Crippen molar-refractivity contribution in [2.45, 2.75) is 32.2 Å². The van der Waals surface area contributed by atoms with Gasteiger partial charge in [-0.3, -0.25) is 4.79 Å². The van der Waals surface area contributed by atoms with E-state index in [4.69, 9.17) is 23.2 Å². The number of hydrogen-bond donors (Lipinski definition) is 2. The van der Waals surface area contributed by atoms with Crippen molar-refractivity contribution in [2.75, 3.05) is 13.1 Å². The lowest BCUT2D eigenvalue weighted by molar-refractivity contribution is -0.121. The van der Waals surface area contributed by atoms with Gasteiger partial charge in [0.05, 0.1) is 0 Å². The molecule has 0 radical (unpaired) electrons. The Hall–Kier alpha value is -0.480. The summed E-state index contributed by atoms with van der Waals surface area (Å²) in [6, 6.07) is 5.32. The number of amides is 1. The number of carbonyl (C=O) groups is 1. The molecule has 0 saturated carbocycles. The van der Waals surface area contributed by atoms with E-state index in [0.717, 1.165) is 25.1 Å². The first kappa shape index (κ1) is 18.6. The summed E-state index contributed by atoms with van der Waals surface area (Å²) in [5.74, 6) is 0.774. The second-order valence-electron chi connectivity index (χ2n) is 5.24. The molecule has 1 amide bonds. The molecular formula is C15H21Cl3N2O. The van der Waals surface area contributed by atoms with Gasteiger partial charge in [-0.05, 0) is 56.0 Å². The molecule has 1 aromatic rings. The molecule has 2 rings (SSSR count). The molecule has 3 nitrogen and oxygen atoms in total. The molecule has 21 heavy (non-hydrogen) atoms. The monoisotopic (exact) mass is 350 g/mol. The third kappa shape index (κ3) is 6.43. The van der Waals surface area contributed by atoms with Gasteiger partial charge >= 0.3 is 0 Å². The molecule has 1 aliphatic heterocycles. The fourth-order valence-electron chi connectivity index (χ4n) is 2.45. The second kappa shape index (κ2) is 9.52. The zero-order valence-electron chi connectivity index (χ0n) is 11.8. The Morgan fingerprint density at radius 2 is 2.00 bits per heavy atom. The zero-order valence-corrected chi connectivity index (χ0v) is 14.2. The van der Waals surface area contributed by atoms with E-state index in [0.29, 0.717) is 28.9 Å². The standard InChI is InChI=1S/C15H20Cl2N2O.ClH/c16-13-3-2-12(14(17)9-13)10-19-15(20)4-1-11-5-7-18-8-6-11;/h2-3,9,11,18H,1,4-8,10H2,(H,19,20);1H. The van der Waals surface area contributed by atoms with E-state index < -0.39 is 0 Å². The van der Waals surface area contributed by atoms with Gasteiger partial charge < -0.3 is 10.6 Å². The van der Waals surface area contributed by atoms with Crippen LogP contribution in [-0.2, 0) is 11.3 Å². The highest BCUT2D eigenvalue weighted by atomic mass is 35.5. The van der Waals surface area contributed by atoms with E-state index in [9.17, 15) is 4.79 Å². The molecule has 0 unspecified atom stereocenters. The summed E-state index contributed by atoms with van der Waals surface area (Å²) < 4.78 is 0. The molecule has 0 atom stereocenters. The molecule has 1 fully saturated rings. The van der Waals surface area contributed by atoms with Gasteiger partial charge in [-0.15, -0.1) is 12.4 Å². The minimum absolute atomic E-state index is 0. The van der Waals surface area contributed by atoms with Crippen molar-refractivity contribution in [2.24, 2.45) is 5.92 Å². The van der Waals surface area contributed by atoms with Gasteiger partial charge in [0, 0.05) is 23.0 Å². The van der Waals surface area contributed by atoms with Crippen molar-refractivity contribution >= 4 is 41.5 Å². The maximum Gasteiger partial charge on any atom is 0.220 e. The predicted molar refractivity (Wildman–Crippen MR) is 90.4 cm³/mol. The van der Waals surface area contributed by atoms with E-state index in [-0.39, 0.29) is 18.3 Å². The van der Waals surface area contributed by atoms with Gasteiger partial charge in [0.1, 0.15) is 0 Å². The van der Waals surface area contributed by atoms with Gasteiger partial charge in [0.25, 0.3) is 0 Å². The third-order valence-electron chi connectivity index (χ3n) is 3.73. The maximum atomic E-state index is 11.8. The smallest absolute Gasteiger partial charge is 0.220 e. The summed E-state index contributed by atoms with van der Waals surface area (Å²) in [4.78, 5) is 11.8. The van der Waals surface area contributed by atoms with E-state index in [2.05, 4.69) is 10.6 Å². The number of halogens is 3. The molecular weight excluding hydrogens is 331 g/mol. The fraction of sp³-hybridized carbons (Fsp3) is 0.533. The topological polar surface area (TPSA) is 41.1 Å². The molecule has 6 heteroatoms. The first-order valence-corrected chi connectivity index (χ1v) is 7.82. The highest BCUT2D eigenvalue weighted by molar-refractivity contribution is 6.35.